The molecule has 1 aromatic rings. The number of methoxy groups -OCH3 is 1. The summed E-state index contributed by atoms with van der Waals surface area (Å²) in [4.78, 5) is 0. The number of aliphatic hydroxyl groups is 1. The lowest BCUT2D eigenvalue weighted by Crippen LogP contribution is -2.35. The van der Waals surface area contributed by atoms with Crippen LogP contribution in [0.25, 0.3) is 0 Å². The summed E-state index contributed by atoms with van der Waals surface area (Å²) in [6.45, 7) is 9.54. The molecule has 0 amide bonds. The van der Waals surface area contributed by atoms with E-state index in [1.165, 1.54) is 6.07 Å². The van der Waals surface area contributed by atoms with Crippen molar-refractivity contribution >= 4 is 0 Å². The van der Waals surface area contributed by atoms with Gasteiger partial charge in [-0.25, -0.2) is 4.39 Å². The Morgan fingerprint density at radius 2 is 1.78 bits per heavy atom. The zero-order valence-corrected chi connectivity index (χ0v) is 12.0. The molecule has 2 nitrogen and oxygen atoms in total. The van der Waals surface area contributed by atoms with Crippen LogP contribution in [0.15, 0.2) is 12.1 Å². The molecular formula is C15H23FO2. The molecule has 0 bridgehead atoms. The zero-order valence-electron chi connectivity index (χ0n) is 12.0. The molecule has 1 aromatic carbocycles. The molecule has 2 atom stereocenters. The Balaban J connectivity index is 3.22. The second-order valence-electron chi connectivity index (χ2n) is 5.94. The smallest absolute Gasteiger partial charge is 0.129 e. The van der Waals surface area contributed by atoms with Crippen molar-refractivity contribution in [2.45, 2.75) is 46.8 Å². The minimum absolute atomic E-state index is 0.266. The van der Waals surface area contributed by atoms with Crippen molar-refractivity contribution in [3.8, 4) is 0 Å². The highest BCUT2D eigenvalue weighted by Gasteiger charge is 2.34. The highest BCUT2D eigenvalue weighted by molar-refractivity contribution is 5.34. The first-order chi connectivity index (χ1) is 8.18. The van der Waals surface area contributed by atoms with E-state index in [1.807, 2.05) is 40.7 Å². The van der Waals surface area contributed by atoms with E-state index in [0.717, 1.165) is 11.1 Å². The molecule has 0 aromatic heterocycles. The van der Waals surface area contributed by atoms with Gasteiger partial charge in [0, 0.05) is 12.7 Å². The molecule has 1 rings (SSSR count). The lowest BCUT2D eigenvalue weighted by atomic mass is 9.82. The molecule has 0 saturated carbocycles. The minimum atomic E-state index is -0.962. The van der Waals surface area contributed by atoms with E-state index in [-0.39, 0.29) is 11.2 Å². The number of aryl methyl sites for hydroxylation is 2. The van der Waals surface area contributed by atoms with Gasteiger partial charge >= 0.3 is 0 Å². The summed E-state index contributed by atoms with van der Waals surface area (Å²) in [5, 5.41) is 10.4. The van der Waals surface area contributed by atoms with Crippen LogP contribution in [0.2, 0.25) is 0 Å². The predicted molar refractivity (Wildman–Crippen MR) is 71.1 cm³/mol. The van der Waals surface area contributed by atoms with Crippen molar-refractivity contribution in [3.63, 3.8) is 0 Å². The van der Waals surface area contributed by atoms with Crippen molar-refractivity contribution in [1.82, 2.24) is 0 Å². The fourth-order valence-corrected chi connectivity index (χ4v) is 2.41. The van der Waals surface area contributed by atoms with E-state index in [2.05, 4.69) is 0 Å². The van der Waals surface area contributed by atoms with Gasteiger partial charge in [-0.2, -0.15) is 0 Å². The molecule has 0 radical (unpaired) electrons. The highest BCUT2D eigenvalue weighted by atomic mass is 19.1. The fourth-order valence-electron chi connectivity index (χ4n) is 2.41. The maximum absolute atomic E-state index is 14.0. The number of halogens is 1. The molecule has 2 unspecified atom stereocenters. The maximum Gasteiger partial charge on any atom is 0.129 e. The monoisotopic (exact) mass is 254 g/mol. The first-order valence-corrected chi connectivity index (χ1v) is 6.16. The first kappa shape index (κ1) is 15.1. The van der Waals surface area contributed by atoms with Gasteiger partial charge in [0.2, 0.25) is 0 Å². The highest BCUT2D eigenvalue weighted by Crippen LogP contribution is 2.35. The summed E-state index contributed by atoms with van der Waals surface area (Å²) in [5.41, 5.74) is 1.68. The van der Waals surface area contributed by atoms with Crippen molar-refractivity contribution in [3.05, 3.63) is 34.6 Å². The van der Waals surface area contributed by atoms with Crippen LogP contribution in [0.3, 0.4) is 0 Å². The third kappa shape index (κ3) is 3.09. The van der Waals surface area contributed by atoms with E-state index >= 15 is 0 Å². The Morgan fingerprint density at radius 3 is 2.17 bits per heavy atom. The Morgan fingerprint density at radius 1 is 1.22 bits per heavy atom. The van der Waals surface area contributed by atoms with E-state index in [1.54, 1.807) is 7.11 Å². The molecule has 0 aliphatic carbocycles. The molecule has 3 heteroatoms. The van der Waals surface area contributed by atoms with Crippen LogP contribution < -0.4 is 0 Å². The third-order valence-corrected chi connectivity index (χ3v) is 3.17. The van der Waals surface area contributed by atoms with E-state index in [0.29, 0.717) is 5.56 Å². The van der Waals surface area contributed by atoms with Crippen LogP contribution in [0, 0.1) is 25.1 Å². The maximum atomic E-state index is 14.0. The van der Waals surface area contributed by atoms with Crippen LogP contribution >= 0.6 is 0 Å². The first-order valence-electron chi connectivity index (χ1n) is 6.16. The van der Waals surface area contributed by atoms with E-state index < -0.39 is 12.2 Å². The van der Waals surface area contributed by atoms with Gasteiger partial charge in [-0.15, -0.1) is 0 Å². The SMILES string of the molecule is COC(C(O)c1c(C)cc(C)cc1F)C(C)(C)C. The standard InChI is InChI=1S/C15H23FO2/c1-9-7-10(2)12(11(16)8-9)13(17)14(18-6)15(3,4)5/h7-8,13-14,17H,1-6H3. The molecule has 0 heterocycles. The van der Waals surface area contributed by atoms with Gasteiger partial charge in [-0.3, -0.25) is 0 Å². The number of benzene rings is 1. The van der Waals surface area contributed by atoms with E-state index in [4.69, 9.17) is 4.74 Å². The summed E-state index contributed by atoms with van der Waals surface area (Å²) >= 11 is 0. The Labute approximate surface area is 109 Å². The second-order valence-corrected chi connectivity index (χ2v) is 5.94. The normalized spacial score (nSPS) is 15.6. The molecule has 0 spiro atoms. The molecule has 18 heavy (non-hydrogen) atoms. The molecule has 102 valence electrons. The lowest BCUT2D eigenvalue weighted by Gasteiger charge is -2.34. The summed E-state index contributed by atoms with van der Waals surface area (Å²) in [6.07, 6.45) is -1.41. The van der Waals surface area contributed by atoms with Gasteiger partial charge in [0.25, 0.3) is 0 Å². The predicted octanol–water partition coefficient (Wildman–Crippen LogP) is 3.54. The second kappa shape index (κ2) is 5.37. The van der Waals surface area contributed by atoms with Gasteiger partial charge < -0.3 is 9.84 Å². The Bertz CT molecular complexity index is 398. The average molecular weight is 254 g/mol. The zero-order chi connectivity index (χ0) is 14.1. The van der Waals surface area contributed by atoms with Gasteiger partial charge in [0.05, 0.1) is 6.10 Å². The van der Waals surface area contributed by atoms with Crippen LogP contribution in [0.4, 0.5) is 4.39 Å². The minimum Gasteiger partial charge on any atom is -0.386 e. The van der Waals surface area contributed by atoms with Crippen LogP contribution in [-0.4, -0.2) is 18.3 Å². The number of ether oxygens (including phenoxy) is 1. The molecule has 0 aliphatic rings. The van der Waals surface area contributed by atoms with Gasteiger partial charge in [-0.05, 0) is 36.5 Å². The van der Waals surface area contributed by atoms with Crippen LogP contribution in [0.1, 0.15) is 43.6 Å². The summed E-state index contributed by atoms with van der Waals surface area (Å²) in [6, 6.07) is 3.32. The van der Waals surface area contributed by atoms with Crippen LogP contribution in [-0.2, 0) is 4.74 Å². The lowest BCUT2D eigenvalue weighted by molar-refractivity contribution is -0.0737. The molecule has 0 fully saturated rings. The van der Waals surface area contributed by atoms with Gasteiger partial charge in [0.1, 0.15) is 11.9 Å². The number of aliphatic hydroxyl groups excluding tert-OH is 1. The number of rotatable bonds is 3. The fraction of sp³-hybridized carbons (Fsp3) is 0.600. The van der Waals surface area contributed by atoms with Crippen molar-refractivity contribution in [2.24, 2.45) is 5.41 Å². The largest absolute Gasteiger partial charge is 0.386 e. The molecular weight excluding hydrogens is 231 g/mol. The topological polar surface area (TPSA) is 29.5 Å². The Hall–Kier alpha value is -0.930. The summed E-state index contributed by atoms with van der Waals surface area (Å²) in [7, 11) is 1.54. The van der Waals surface area contributed by atoms with Gasteiger partial charge in [0.15, 0.2) is 0 Å². The summed E-state index contributed by atoms with van der Waals surface area (Å²) in [5.74, 6) is -0.369. The quantitative estimate of drug-likeness (QED) is 0.894. The molecule has 0 aliphatic heterocycles. The Kier molecular flexibility index (Phi) is 4.51. The molecule has 1 N–H and O–H groups in total. The number of hydrogen-bond acceptors (Lipinski definition) is 2. The third-order valence-electron chi connectivity index (χ3n) is 3.17. The summed E-state index contributed by atoms with van der Waals surface area (Å²) < 4.78 is 19.4. The average Bonchev–Trinajstić information content (AvgIpc) is 2.13. The van der Waals surface area contributed by atoms with Crippen molar-refractivity contribution in [2.75, 3.05) is 7.11 Å². The van der Waals surface area contributed by atoms with Crippen molar-refractivity contribution in [1.29, 1.82) is 0 Å². The van der Waals surface area contributed by atoms with Crippen molar-refractivity contribution < 1.29 is 14.2 Å². The van der Waals surface area contributed by atoms with E-state index in [9.17, 15) is 9.50 Å². The molecule has 0 saturated heterocycles. The van der Waals surface area contributed by atoms with Gasteiger partial charge in [-0.1, -0.05) is 26.8 Å². The van der Waals surface area contributed by atoms with Crippen LogP contribution in [0.5, 0.6) is 0 Å². The number of hydrogen-bond donors (Lipinski definition) is 1.